The molecule has 1 aromatic rings. The maximum atomic E-state index is 11.2. The van der Waals surface area contributed by atoms with Crippen molar-refractivity contribution in [2.45, 2.75) is 26.2 Å². The van der Waals surface area contributed by atoms with Gasteiger partial charge < -0.3 is 9.90 Å². The fraction of sp³-hybridized carbons (Fsp3) is 0.364. The molecule has 0 amide bonds. The monoisotopic (exact) mass is 345 g/mol. The Balaban J connectivity index is 4.01. The summed E-state index contributed by atoms with van der Waals surface area (Å²) in [4.78, 5) is 31.2. The van der Waals surface area contributed by atoms with E-state index in [-0.39, 0.29) is 10.0 Å². The first-order valence-electron chi connectivity index (χ1n) is 5.35. The molecule has 0 aliphatic carbocycles. The van der Waals surface area contributed by atoms with Gasteiger partial charge in [-0.3, -0.25) is 20.2 Å². The van der Waals surface area contributed by atoms with Crippen molar-refractivity contribution in [3.8, 4) is 0 Å². The van der Waals surface area contributed by atoms with E-state index in [2.05, 4.69) is 15.9 Å². The molecular weight excluding hydrogens is 336 g/mol. The maximum Gasteiger partial charge on any atom is 0.355 e. The van der Waals surface area contributed by atoms with Crippen LogP contribution in [-0.2, 0) is 5.41 Å². The predicted molar refractivity (Wildman–Crippen MR) is 70.5 cm³/mol. The molecule has 0 fully saturated rings. The molecule has 0 bridgehead atoms. The lowest BCUT2D eigenvalue weighted by Crippen LogP contribution is -2.25. The third-order valence-corrected chi connectivity index (χ3v) is 3.19. The Hall–Kier alpha value is -2.03. The minimum Gasteiger partial charge on any atom is -0.545 e. The standard InChI is InChI=1S/C11H11BrN2O6/c1-11(2,3)7-6(12)4-5(10(15)16)8(13(17)18)9(7)14(19)20/h4H,1-3H3,(H,15,16)/p-1. The highest BCUT2D eigenvalue weighted by Crippen LogP contribution is 2.44. The molecule has 0 aliphatic heterocycles. The Labute approximate surface area is 121 Å². The largest absolute Gasteiger partial charge is 0.545 e. The van der Waals surface area contributed by atoms with E-state index in [0.29, 0.717) is 0 Å². The minimum atomic E-state index is -1.85. The van der Waals surface area contributed by atoms with Gasteiger partial charge in [-0.2, -0.15) is 0 Å². The molecule has 0 heterocycles. The first kappa shape index (κ1) is 16.0. The number of rotatable bonds is 3. The summed E-state index contributed by atoms with van der Waals surface area (Å²) in [6.45, 7) is 4.88. The molecular formula is C11H10BrN2O6-. The zero-order valence-corrected chi connectivity index (χ0v) is 12.4. The molecule has 9 heteroatoms. The van der Waals surface area contributed by atoms with Crippen molar-refractivity contribution in [2.75, 3.05) is 0 Å². The molecule has 0 saturated carbocycles. The van der Waals surface area contributed by atoms with Gasteiger partial charge in [0.1, 0.15) is 0 Å². The summed E-state index contributed by atoms with van der Waals surface area (Å²) in [5, 5.41) is 33.2. The molecule has 108 valence electrons. The predicted octanol–water partition coefficient (Wildman–Crippen LogP) is 1.93. The minimum absolute atomic E-state index is 0.0548. The van der Waals surface area contributed by atoms with Gasteiger partial charge in [-0.05, 0) is 11.5 Å². The van der Waals surface area contributed by atoms with Crippen molar-refractivity contribution in [3.63, 3.8) is 0 Å². The first-order valence-corrected chi connectivity index (χ1v) is 6.15. The average Bonchev–Trinajstić information content (AvgIpc) is 2.24. The van der Waals surface area contributed by atoms with Crippen molar-refractivity contribution in [1.29, 1.82) is 0 Å². The van der Waals surface area contributed by atoms with Gasteiger partial charge in [0, 0.05) is 4.47 Å². The first-order chi connectivity index (χ1) is 8.98. The van der Waals surface area contributed by atoms with Crippen LogP contribution < -0.4 is 5.11 Å². The van der Waals surface area contributed by atoms with Crippen LogP contribution in [0, 0.1) is 20.2 Å². The molecule has 0 atom stereocenters. The van der Waals surface area contributed by atoms with E-state index in [1.54, 1.807) is 20.8 Å². The number of hydrogen-bond donors (Lipinski definition) is 0. The Bertz CT molecular complexity index is 620. The summed E-state index contributed by atoms with van der Waals surface area (Å²) < 4.78 is 0.113. The lowest BCUT2D eigenvalue weighted by Gasteiger charge is -2.21. The van der Waals surface area contributed by atoms with Crippen molar-refractivity contribution in [1.82, 2.24) is 0 Å². The van der Waals surface area contributed by atoms with Gasteiger partial charge in [0.15, 0.2) is 0 Å². The molecule has 0 saturated heterocycles. The van der Waals surface area contributed by atoms with Gasteiger partial charge in [-0.1, -0.05) is 36.7 Å². The van der Waals surface area contributed by atoms with E-state index >= 15 is 0 Å². The van der Waals surface area contributed by atoms with Crippen LogP contribution in [0.1, 0.15) is 36.7 Å². The number of benzene rings is 1. The second-order valence-corrected chi connectivity index (χ2v) is 5.88. The fourth-order valence-electron chi connectivity index (χ4n) is 1.86. The fourth-order valence-corrected chi connectivity index (χ4v) is 2.87. The number of aromatic carboxylic acids is 1. The van der Waals surface area contributed by atoms with Crippen LogP contribution >= 0.6 is 15.9 Å². The van der Waals surface area contributed by atoms with E-state index < -0.39 is 38.2 Å². The molecule has 1 rings (SSSR count). The molecule has 1 aromatic carbocycles. The normalized spacial score (nSPS) is 11.2. The number of nitro benzene ring substituents is 2. The number of carboxylic acids is 1. The third kappa shape index (κ3) is 2.77. The Kier molecular flexibility index (Phi) is 4.13. The van der Waals surface area contributed by atoms with E-state index in [9.17, 15) is 30.1 Å². The summed E-state index contributed by atoms with van der Waals surface area (Å²) in [5.41, 5.74) is -3.48. The molecule has 0 unspecified atom stereocenters. The molecule has 8 nitrogen and oxygen atoms in total. The molecule has 20 heavy (non-hydrogen) atoms. The number of carboxylic acid groups (broad SMARTS) is 1. The number of halogens is 1. The van der Waals surface area contributed by atoms with E-state index in [0.717, 1.165) is 6.07 Å². The zero-order chi connectivity index (χ0) is 15.8. The van der Waals surface area contributed by atoms with Gasteiger partial charge >= 0.3 is 11.4 Å². The van der Waals surface area contributed by atoms with Gasteiger partial charge in [-0.15, -0.1) is 0 Å². The highest BCUT2D eigenvalue weighted by Gasteiger charge is 2.39. The van der Waals surface area contributed by atoms with Gasteiger partial charge in [-0.25, -0.2) is 0 Å². The zero-order valence-electron chi connectivity index (χ0n) is 10.8. The number of nitro groups is 2. The van der Waals surface area contributed by atoms with Gasteiger partial charge in [0.2, 0.25) is 0 Å². The Morgan fingerprint density at radius 3 is 1.90 bits per heavy atom. The second-order valence-electron chi connectivity index (χ2n) is 5.03. The van der Waals surface area contributed by atoms with Crippen LogP contribution in [0.5, 0.6) is 0 Å². The summed E-state index contributed by atoms with van der Waals surface area (Å²) >= 11 is 3.04. The smallest absolute Gasteiger partial charge is 0.355 e. The summed E-state index contributed by atoms with van der Waals surface area (Å²) in [6.07, 6.45) is 0. The number of carbonyl (C=O) groups excluding carboxylic acids is 1. The Morgan fingerprint density at radius 2 is 1.60 bits per heavy atom. The highest BCUT2D eigenvalue weighted by molar-refractivity contribution is 9.10. The van der Waals surface area contributed by atoms with Crippen LogP contribution in [0.4, 0.5) is 11.4 Å². The second kappa shape index (κ2) is 5.16. The molecule has 0 spiro atoms. The van der Waals surface area contributed by atoms with Crippen LogP contribution in [0.3, 0.4) is 0 Å². The van der Waals surface area contributed by atoms with Crippen LogP contribution in [0.25, 0.3) is 0 Å². The highest BCUT2D eigenvalue weighted by atomic mass is 79.9. The van der Waals surface area contributed by atoms with Crippen molar-refractivity contribution >= 4 is 33.3 Å². The molecule has 0 aromatic heterocycles. The Morgan fingerprint density at radius 1 is 1.15 bits per heavy atom. The number of hydrogen-bond acceptors (Lipinski definition) is 6. The van der Waals surface area contributed by atoms with Crippen molar-refractivity contribution < 1.29 is 19.7 Å². The molecule has 0 radical (unpaired) electrons. The number of carbonyl (C=O) groups is 1. The average molecular weight is 346 g/mol. The van der Waals surface area contributed by atoms with E-state index in [1.165, 1.54) is 0 Å². The van der Waals surface area contributed by atoms with Crippen LogP contribution in [0.2, 0.25) is 0 Å². The van der Waals surface area contributed by atoms with Crippen molar-refractivity contribution in [3.05, 3.63) is 41.9 Å². The van der Waals surface area contributed by atoms with E-state index in [1.807, 2.05) is 0 Å². The topological polar surface area (TPSA) is 126 Å². The van der Waals surface area contributed by atoms with Gasteiger partial charge in [0.25, 0.3) is 0 Å². The lowest BCUT2D eigenvalue weighted by atomic mass is 9.84. The lowest BCUT2D eigenvalue weighted by molar-refractivity contribution is -0.423. The van der Waals surface area contributed by atoms with Crippen LogP contribution in [-0.4, -0.2) is 15.8 Å². The van der Waals surface area contributed by atoms with Crippen LogP contribution in [0.15, 0.2) is 10.5 Å². The van der Waals surface area contributed by atoms with E-state index in [4.69, 9.17) is 0 Å². The summed E-state index contributed by atoms with van der Waals surface area (Å²) in [7, 11) is 0. The van der Waals surface area contributed by atoms with Gasteiger partial charge in [0.05, 0.1) is 26.9 Å². The maximum absolute atomic E-state index is 11.2. The molecule has 0 N–H and O–H groups in total. The third-order valence-electron chi connectivity index (χ3n) is 2.56. The number of nitrogens with zero attached hydrogens (tertiary/aromatic N) is 2. The summed E-state index contributed by atoms with van der Waals surface area (Å²) in [6, 6.07) is 0.959. The molecule has 0 aliphatic rings. The quantitative estimate of drug-likeness (QED) is 0.608. The van der Waals surface area contributed by atoms with Crippen molar-refractivity contribution in [2.24, 2.45) is 0 Å². The summed E-state index contributed by atoms with van der Waals surface area (Å²) in [5.74, 6) is -1.85. The SMILES string of the molecule is CC(C)(C)c1c(Br)cc(C(=O)[O-])c([N+](=O)[O-])c1[N+](=O)[O-].